The molecule has 0 amide bonds. The highest BCUT2D eigenvalue weighted by molar-refractivity contribution is 6.20. The summed E-state index contributed by atoms with van der Waals surface area (Å²) in [5.74, 6) is 0.994. The average molecular weight is 603 g/mol. The summed E-state index contributed by atoms with van der Waals surface area (Å²) >= 11 is 0. The smallest absolute Gasteiger partial charge is 0.141 e. The highest BCUT2D eigenvalue weighted by Gasteiger charge is 2.16. The largest absolute Gasteiger partial charge is 0.324 e. The predicted octanol–water partition coefficient (Wildman–Crippen LogP) is 11.0. The SMILES string of the molecule is CCn1c(-c2cccc(-c3ccc(-c4nc5ccccc5c5ccc6ccc(-c7ccccc7)nc6c45)cc3)c2)nc2ccccc21. The normalized spacial score (nSPS) is 11.6. The fourth-order valence-electron chi connectivity index (χ4n) is 6.88. The van der Waals surface area contributed by atoms with Gasteiger partial charge in [0.2, 0.25) is 0 Å². The maximum atomic E-state index is 5.27. The molecule has 0 spiro atoms. The van der Waals surface area contributed by atoms with Gasteiger partial charge >= 0.3 is 0 Å². The quantitative estimate of drug-likeness (QED) is 0.184. The van der Waals surface area contributed by atoms with Gasteiger partial charge in [-0.25, -0.2) is 15.0 Å². The minimum atomic E-state index is 0.859. The zero-order valence-corrected chi connectivity index (χ0v) is 25.9. The van der Waals surface area contributed by atoms with E-state index in [1.54, 1.807) is 0 Å². The first-order valence-corrected chi connectivity index (χ1v) is 16.1. The van der Waals surface area contributed by atoms with E-state index in [1.165, 1.54) is 0 Å². The molecular formula is C43H30N4. The van der Waals surface area contributed by atoms with E-state index < -0.39 is 0 Å². The predicted molar refractivity (Wildman–Crippen MR) is 195 cm³/mol. The van der Waals surface area contributed by atoms with Crippen LogP contribution < -0.4 is 0 Å². The zero-order chi connectivity index (χ0) is 31.3. The van der Waals surface area contributed by atoms with Crippen LogP contribution in [0.2, 0.25) is 0 Å². The maximum absolute atomic E-state index is 5.27. The number of hydrogen-bond acceptors (Lipinski definition) is 3. The first-order valence-electron chi connectivity index (χ1n) is 16.1. The van der Waals surface area contributed by atoms with Crippen LogP contribution >= 0.6 is 0 Å². The zero-order valence-electron chi connectivity index (χ0n) is 25.9. The second kappa shape index (κ2) is 11.0. The van der Waals surface area contributed by atoms with E-state index in [2.05, 4.69) is 151 Å². The standard InChI is InChI=1S/C43H30N4/c1-2-47-39-18-9-8-17-38(39)46-43(47)33-14-10-13-32(27-33)28-19-21-30(22-20-28)42-40-35(34-15-6-7-16-37(34)45-42)25-23-31-24-26-36(44-41(31)40)29-11-4-3-5-12-29/h3-27H,2H2,1H3. The van der Waals surface area contributed by atoms with Crippen LogP contribution in [0.4, 0.5) is 0 Å². The number of benzene rings is 6. The van der Waals surface area contributed by atoms with Crippen LogP contribution in [0.1, 0.15) is 6.92 Å². The molecule has 0 atom stereocenters. The fraction of sp³-hybridized carbons (Fsp3) is 0.0465. The highest BCUT2D eigenvalue weighted by atomic mass is 15.1. The lowest BCUT2D eigenvalue weighted by molar-refractivity contribution is 0.796. The summed E-state index contributed by atoms with van der Waals surface area (Å²) in [6, 6.07) is 53.3. The van der Waals surface area contributed by atoms with Gasteiger partial charge in [0.05, 0.1) is 33.5 Å². The molecule has 0 saturated heterocycles. The summed E-state index contributed by atoms with van der Waals surface area (Å²) in [6.45, 7) is 3.03. The molecule has 0 fully saturated rings. The van der Waals surface area contributed by atoms with E-state index in [0.29, 0.717) is 0 Å². The number of para-hydroxylation sites is 3. The number of rotatable bonds is 5. The van der Waals surface area contributed by atoms with Gasteiger partial charge in [0, 0.05) is 39.4 Å². The Morgan fingerprint density at radius 3 is 2.04 bits per heavy atom. The Bertz CT molecular complexity index is 2600. The van der Waals surface area contributed by atoms with Crippen LogP contribution in [0.25, 0.3) is 88.6 Å². The van der Waals surface area contributed by atoms with Crippen molar-refractivity contribution in [1.29, 1.82) is 0 Å². The number of nitrogens with zero attached hydrogens (tertiary/aromatic N) is 4. The van der Waals surface area contributed by atoms with Gasteiger partial charge in [0.25, 0.3) is 0 Å². The summed E-state index contributed by atoms with van der Waals surface area (Å²) in [5.41, 5.74) is 11.6. The van der Waals surface area contributed by atoms with Gasteiger partial charge in [-0.2, -0.15) is 0 Å². The van der Waals surface area contributed by atoms with E-state index in [9.17, 15) is 0 Å². The molecule has 0 aliphatic carbocycles. The average Bonchev–Trinajstić information content (AvgIpc) is 3.53. The van der Waals surface area contributed by atoms with Gasteiger partial charge in [-0.3, -0.25) is 0 Å². The molecule has 6 aromatic carbocycles. The van der Waals surface area contributed by atoms with Crippen molar-refractivity contribution in [2.75, 3.05) is 0 Å². The molecule has 9 rings (SSSR count). The summed E-state index contributed by atoms with van der Waals surface area (Å²) in [6.07, 6.45) is 0. The Kier molecular flexibility index (Phi) is 6.39. The Labute approximate surface area is 272 Å². The Morgan fingerprint density at radius 2 is 1.19 bits per heavy atom. The van der Waals surface area contributed by atoms with Crippen molar-refractivity contribution in [1.82, 2.24) is 19.5 Å². The van der Waals surface area contributed by atoms with Crippen molar-refractivity contribution in [3.05, 3.63) is 152 Å². The highest BCUT2D eigenvalue weighted by Crippen LogP contribution is 2.38. The number of hydrogen-bond donors (Lipinski definition) is 0. The second-order valence-corrected chi connectivity index (χ2v) is 11.9. The van der Waals surface area contributed by atoms with E-state index in [1.807, 2.05) is 12.1 Å². The van der Waals surface area contributed by atoms with Crippen molar-refractivity contribution < 1.29 is 0 Å². The van der Waals surface area contributed by atoms with Crippen LogP contribution in [-0.2, 0) is 6.54 Å². The third kappa shape index (κ3) is 4.57. The minimum absolute atomic E-state index is 0.859. The van der Waals surface area contributed by atoms with Crippen molar-refractivity contribution in [2.45, 2.75) is 13.5 Å². The molecule has 4 heteroatoms. The van der Waals surface area contributed by atoms with Gasteiger partial charge < -0.3 is 4.57 Å². The lowest BCUT2D eigenvalue weighted by atomic mass is 9.95. The van der Waals surface area contributed by atoms with Gasteiger partial charge in [-0.15, -0.1) is 0 Å². The summed E-state index contributed by atoms with van der Waals surface area (Å²) in [7, 11) is 0. The molecule has 4 nitrogen and oxygen atoms in total. The van der Waals surface area contributed by atoms with E-state index in [0.717, 1.165) is 95.2 Å². The van der Waals surface area contributed by atoms with Gasteiger partial charge in [0.1, 0.15) is 5.82 Å². The Morgan fingerprint density at radius 1 is 0.489 bits per heavy atom. The number of aryl methyl sites for hydroxylation is 1. The second-order valence-electron chi connectivity index (χ2n) is 11.9. The van der Waals surface area contributed by atoms with Crippen LogP contribution in [0, 0.1) is 0 Å². The number of aromatic nitrogens is 4. The minimum Gasteiger partial charge on any atom is -0.324 e. The fourth-order valence-corrected chi connectivity index (χ4v) is 6.88. The molecule has 47 heavy (non-hydrogen) atoms. The maximum Gasteiger partial charge on any atom is 0.141 e. The Hall–Kier alpha value is -6.13. The third-order valence-electron chi connectivity index (χ3n) is 9.18. The van der Waals surface area contributed by atoms with Crippen molar-refractivity contribution in [2.24, 2.45) is 0 Å². The number of fused-ring (bicyclic) bond motifs is 6. The molecule has 9 aromatic rings. The molecule has 3 aromatic heterocycles. The van der Waals surface area contributed by atoms with Gasteiger partial charge in [0.15, 0.2) is 0 Å². The molecule has 0 unspecified atom stereocenters. The van der Waals surface area contributed by atoms with E-state index in [4.69, 9.17) is 15.0 Å². The lowest BCUT2D eigenvalue weighted by Crippen LogP contribution is -1.97. The first kappa shape index (κ1) is 27.2. The third-order valence-corrected chi connectivity index (χ3v) is 9.18. The van der Waals surface area contributed by atoms with Crippen LogP contribution in [0.5, 0.6) is 0 Å². The van der Waals surface area contributed by atoms with Crippen molar-refractivity contribution in [3.8, 4) is 45.0 Å². The summed E-state index contributed by atoms with van der Waals surface area (Å²) in [5, 5.41) is 4.47. The van der Waals surface area contributed by atoms with E-state index >= 15 is 0 Å². The number of pyridine rings is 2. The van der Waals surface area contributed by atoms with Crippen LogP contribution in [-0.4, -0.2) is 19.5 Å². The molecule has 3 heterocycles. The molecule has 0 aliphatic rings. The Balaban J connectivity index is 1.19. The molecule has 0 N–H and O–H groups in total. The summed E-state index contributed by atoms with van der Waals surface area (Å²) < 4.78 is 2.29. The van der Waals surface area contributed by atoms with Crippen LogP contribution in [0.3, 0.4) is 0 Å². The van der Waals surface area contributed by atoms with Gasteiger partial charge in [-0.1, -0.05) is 121 Å². The van der Waals surface area contributed by atoms with E-state index in [-0.39, 0.29) is 0 Å². The number of imidazole rings is 1. The van der Waals surface area contributed by atoms with Crippen LogP contribution in [0.15, 0.2) is 152 Å². The molecule has 0 aliphatic heterocycles. The summed E-state index contributed by atoms with van der Waals surface area (Å²) in [4.78, 5) is 15.5. The molecular weight excluding hydrogens is 573 g/mol. The molecule has 0 radical (unpaired) electrons. The topological polar surface area (TPSA) is 43.6 Å². The molecule has 0 saturated carbocycles. The van der Waals surface area contributed by atoms with Crippen molar-refractivity contribution in [3.63, 3.8) is 0 Å². The lowest BCUT2D eigenvalue weighted by Gasteiger charge is -2.14. The molecule has 0 bridgehead atoms. The molecule has 222 valence electrons. The van der Waals surface area contributed by atoms with Gasteiger partial charge in [-0.05, 0) is 53.8 Å². The monoisotopic (exact) mass is 602 g/mol. The first-order chi connectivity index (χ1) is 23.2. The van der Waals surface area contributed by atoms with Crippen molar-refractivity contribution >= 4 is 43.6 Å².